The van der Waals surface area contributed by atoms with Crippen molar-refractivity contribution in [3.63, 3.8) is 0 Å². The van der Waals surface area contributed by atoms with Crippen LogP contribution in [0.2, 0.25) is 0 Å². The van der Waals surface area contributed by atoms with Gasteiger partial charge in [-0.25, -0.2) is 0 Å². The third kappa shape index (κ3) is 11.1. The van der Waals surface area contributed by atoms with Crippen LogP contribution in [0.1, 0.15) is 50.1 Å². The first-order valence-corrected chi connectivity index (χ1v) is 22.3. The zero-order valence-electron chi connectivity index (χ0n) is 29.1. The van der Waals surface area contributed by atoms with Crippen LogP contribution >= 0.6 is 0 Å². The maximum atomic E-state index is 12.0. The Labute approximate surface area is 325 Å². The minimum absolute atomic E-state index is 0.139. The highest BCUT2D eigenvalue weighted by atomic mass is 32.2. The molecule has 0 spiro atoms. The van der Waals surface area contributed by atoms with E-state index in [4.69, 9.17) is 0 Å². The minimum atomic E-state index is -5.04. The number of fused-ring (bicyclic) bond motifs is 6. The molecule has 0 heterocycles. The molecule has 3 aromatic rings. The molecule has 20 nitrogen and oxygen atoms in total. The van der Waals surface area contributed by atoms with E-state index in [1.54, 1.807) is 0 Å². The summed E-state index contributed by atoms with van der Waals surface area (Å²) < 4.78 is 134. The normalized spacial score (nSPS) is 15.8. The number of hydrogen-bond acceptors (Lipinski definition) is 16. The summed E-state index contributed by atoms with van der Waals surface area (Å²) in [4.78, 5) is 0. The van der Waals surface area contributed by atoms with Gasteiger partial charge in [-0.15, -0.1) is 0 Å². The molecular formula is C33H36O20S4. The highest BCUT2D eigenvalue weighted by Gasteiger charge is 2.29. The first-order valence-electron chi connectivity index (χ1n) is 15.9. The van der Waals surface area contributed by atoms with Gasteiger partial charge in [0, 0.05) is 31.3 Å². The topological polar surface area (TPSA) is 379 Å². The van der Waals surface area contributed by atoms with Crippen molar-refractivity contribution in [3.05, 3.63) is 103 Å². The Morgan fingerprint density at radius 3 is 1.09 bits per heavy atom. The van der Waals surface area contributed by atoms with Crippen LogP contribution in [-0.2, 0) is 83.4 Å². The summed E-state index contributed by atoms with van der Waals surface area (Å²) in [7, 11) is -20.0. The van der Waals surface area contributed by atoms with E-state index in [9.17, 15) is 92.7 Å². The highest BCUT2D eigenvalue weighted by molar-refractivity contribution is 7.86. The molecule has 0 aliphatic heterocycles. The molecule has 57 heavy (non-hydrogen) atoms. The number of allylic oxidation sites excluding steroid dienone is 3. The molecule has 0 radical (unpaired) electrons. The molecule has 4 rings (SSSR count). The van der Waals surface area contributed by atoms with Gasteiger partial charge in [-0.1, -0.05) is 18.2 Å². The van der Waals surface area contributed by atoms with Gasteiger partial charge in [-0.05, 0) is 57.2 Å². The molecular weight excluding hydrogens is 845 g/mol. The molecule has 0 unspecified atom stereocenters. The standard InChI is InChI=1S/C33H36O20S4/c1-15-2-16(27(35)23(10-34)11-54(42,43)44)4-18-6-20(31(39)25(29(18)37)13-56(48,49)50)8-22-9-21(32(40)26(33(22)41)14-57(51,52)53)7-19-5-17(3-15)28(36)24(30(19)38)12-55(45,46)47/h2,5-6,9,34-41H,1,3-4,7-8,10-14H2,(H,42,43,44)(H,45,46,47)(H,48,49,50)(H,51,52,53)/b16-2-,27-23-. The van der Waals surface area contributed by atoms with Gasteiger partial charge < -0.3 is 40.9 Å². The van der Waals surface area contributed by atoms with Crippen molar-refractivity contribution in [1.29, 1.82) is 0 Å². The molecule has 0 aromatic heterocycles. The largest absolute Gasteiger partial charge is 0.508 e. The van der Waals surface area contributed by atoms with Crippen LogP contribution < -0.4 is 0 Å². The first kappa shape index (κ1) is 44.8. The number of hydrogen-bond donors (Lipinski definition) is 12. The second-order valence-corrected chi connectivity index (χ2v) is 19.0. The lowest BCUT2D eigenvalue weighted by Crippen LogP contribution is -2.14. The third-order valence-electron chi connectivity index (χ3n) is 8.69. The molecule has 0 amide bonds. The molecule has 1 aliphatic carbocycles. The van der Waals surface area contributed by atoms with Crippen molar-refractivity contribution in [3.8, 4) is 34.5 Å². The molecule has 0 fully saturated rings. The van der Waals surface area contributed by atoms with Crippen molar-refractivity contribution in [2.75, 3.05) is 12.4 Å². The number of phenolic OH excluding ortho intramolecular Hbond substituents is 6. The smallest absolute Gasteiger partial charge is 0.269 e. The lowest BCUT2D eigenvalue weighted by Gasteiger charge is -2.21. The van der Waals surface area contributed by atoms with Crippen LogP contribution in [0, 0.1) is 0 Å². The highest BCUT2D eigenvalue weighted by Crippen LogP contribution is 2.44. The number of rotatable bonds is 10. The van der Waals surface area contributed by atoms with E-state index >= 15 is 0 Å². The molecule has 6 bridgehead atoms. The molecule has 24 heteroatoms. The fourth-order valence-electron chi connectivity index (χ4n) is 6.30. The Bertz CT molecular complexity index is 2690. The van der Waals surface area contributed by atoms with Crippen LogP contribution in [0.15, 0.2) is 53.3 Å². The molecule has 1 aliphatic rings. The lowest BCUT2D eigenvalue weighted by molar-refractivity contribution is 0.315. The summed E-state index contributed by atoms with van der Waals surface area (Å²) in [5.41, 5.74) is -5.79. The number of aromatic hydroxyl groups is 6. The van der Waals surface area contributed by atoms with E-state index in [1.165, 1.54) is 0 Å². The van der Waals surface area contributed by atoms with Gasteiger partial charge >= 0.3 is 0 Å². The number of aliphatic hydroxyl groups excluding tert-OH is 2. The van der Waals surface area contributed by atoms with Gasteiger partial charge in [-0.2, -0.15) is 33.7 Å². The van der Waals surface area contributed by atoms with Gasteiger partial charge in [0.2, 0.25) is 0 Å². The van der Waals surface area contributed by atoms with E-state index in [1.807, 2.05) is 0 Å². The van der Waals surface area contributed by atoms with E-state index in [0.717, 1.165) is 24.3 Å². The summed E-state index contributed by atoms with van der Waals surface area (Å²) in [5, 5.41) is 88.3. The second-order valence-electron chi connectivity index (χ2n) is 13.2. The maximum absolute atomic E-state index is 12.0. The van der Waals surface area contributed by atoms with Crippen LogP contribution in [-0.4, -0.2) is 105 Å². The van der Waals surface area contributed by atoms with E-state index in [2.05, 4.69) is 6.58 Å². The van der Waals surface area contributed by atoms with Crippen LogP contribution in [0.5, 0.6) is 34.5 Å². The fourth-order valence-corrected chi connectivity index (χ4v) is 8.89. The van der Waals surface area contributed by atoms with E-state index < -0.39 is 169 Å². The van der Waals surface area contributed by atoms with Crippen LogP contribution in [0.3, 0.4) is 0 Å². The van der Waals surface area contributed by atoms with Gasteiger partial charge in [-0.3, -0.25) is 18.2 Å². The van der Waals surface area contributed by atoms with Crippen molar-refractivity contribution in [2.45, 2.75) is 42.9 Å². The Morgan fingerprint density at radius 1 is 0.509 bits per heavy atom. The van der Waals surface area contributed by atoms with Crippen molar-refractivity contribution < 1.29 is 92.7 Å². The Hall–Kier alpha value is -4.92. The Balaban J connectivity index is 2.21. The molecule has 12 N–H and O–H groups in total. The average molecular weight is 881 g/mol. The van der Waals surface area contributed by atoms with Gasteiger partial charge in [0.15, 0.2) is 0 Å². The number of benzene rings is 3. The van der Waals surface area contributed by atoms with Gasteiger partial charge in [0.05, 0.1) is 23.3 Å². The summed E-state index contributed by atoms with van der Waals surface area (Å²) in [6.45, 7) is 2.62. The zero-order valence-corrected chi connectivity index (χ0v) is 32.4. The zero-order chi connectivity index (χ0) is 43.2. The van der Waals surface area contributed by atoms with E-state index in [-0.39, 0.29) is 33.4 Å². The van der Waals surface area contributed by atoms with Crippen molar-refractivity contribution in [1.82, 2.24) is 0 Å². The summed E-state index contributed by atoms with van der Waals surface area (Å²) in [6, 6.07) is 3.08. The predicted molar refractivity (Wildman–Crippen MR) is 198 cm³/mol. The van der Waals surface area contributed by atoms with Crippen molar-refractivity contribution in [2.24, 2.45) is 0 Å². The quantitative estimate of drug-likeness (QED) is 0.101. The summed E-state index contributed by atoms with van der Waals surface area (Å²) >= 11 is 0. The average Bonchev–Trinajstić information content (AvgIpc) is 3.05. The minimum Gasteiger partial charge on any atom is -0.508 e. The lowest BCUT2D eigenvalue weighted by atomic mass is 9.88. The van der Waals surface area contributed by atoms with Gasteiger partial charge in [0.1, 0.15) is 63.3 Å². The number of aliphatic hydroxyl groups is 2. The monoisotopic (exact) mass is 880 g/mol. The molecule has 312 valence electrons. The van der Waals surface area contributed by atoms with Crippen molar-refractivity contribution >= 4 is 40.5 Å². The van der Waals surface area contributed by atoms with Gasteiger partial charge in [0.25, 0.3) is 40.5 Å². The van der Waals surface area contributed by atoms with E-state index in [0.29, 0.717) is 0 Å². The third-order valence-corrected chi connectivity index (χ3v) is 11.4. The second kappa shape index (κ2) is 16.1. The molecule has 0 atom stereocenters. The van der Waals surface area contributed by atoms with Crippen LogP contribution in [0.25, 0.3) is 0 Å². The Morgan fingerprint density at radius 2 is 0.807 bits per heavy atom. The molecule has 0 saturated carbocycles. The molecule has 0 saturated heterocycles. The first-order chi connectivity index (χ1) is 26.0. The molecule has 3 aromatic carbocycles. The summed E-state index contributed by atoms with van der Waals surface area (Å²) in [5.74, 6) is -12.5. The van der Waals surface area contributed by atoms with Crippen LogP contribution in [0.4, 0.5) is 0 Å². The Kier molecular flexibility index (Phi) is 12.7. The number of phenols is 6. The predicted octanol–water partition coefficient (Wildman–Crippen LogP) is 1.54. The maximum Gasteiger partial charge on any atom is 0.269 e. The fraction of sp³-hybridized carbons (Fsp3) is 0.273. The summed E-state index contributed by atoms with van der Waals surface area (Å²) in [6.07, 6.45) is -1.72. The SMILES string of the molecule is C=C1/C=C(\C(O)=C(/CO)CS(=O)(=O)O)Cc2cc(c(O)c(CS(=O)(=O)O)c2O)Cc2cc(c(O)c(CS(=O)(=O)O)c2O)Cc2cc(c(O)c(CS(=O)(=O)O)c2O)C1.